The van der Waals surface area contributed by atoms with Crippen LogP contribution < -0.4 is 5.32 Å². The summed E-state index contributed by atoms with van der Waals surface area (Å²) in [5, 5.41) is 12.2. The van der Waals surface area contributed by atoms with Gasteiger partial charge in [-0.2, -0.15) is 0 Å². The quantitative estimate of drug-likeness (QED) is 0.495. The van der Waals surface area contributed by atoms with Gasteiger partial charge >= 0.3 is 0 Å². The second-order valence-electron chi connectivity index (χ2n) is 2.85. The van der Waals surface area contributed by atoms with E-state index in [2.05, 4.69) is 11.9 Å². The molecule has 0 saturated carbocycles. The third kappa shape index (κ3) is 6.42. The van der Waals surface area contributed by atoms with E-state index in [9.17, 15) is 9.90 Å². The number of carbonyl (C=O) groups excluding carboxylic acids is 1. The Morgan fingerprint density at radius 3 is 2.85 bits per heavy atom. The fourth-order valence-corrected chi connectivity index (χ4v) is 1.21. The van der Waals surface area contributed by atoms with Crippen molar-refractivity contribution in [3.05, 3.63) is 23.8 Å². The lowest BCUT2D eigenvalue weighted by molar-refractivity contribution is -0.120. The van der Waals surface area contributed by atoms with Gasteiger partial charge in [-0.1, -0.05) is 6.58 Å². The molecular weight excluding hydrogens is 186 g/mol. The highest BCUT2D eigenvalue weighted by atomic mass is 32.2. The molecule has 4 heteroatoms. The average molecular weight is 201 g/mol. The van der Waals surface area contributed by atoms with Crippen LogP contribution in [0.5, 0.6) is 0 Å². The summed E-state index contributed by atoms with van der Waals surface area (Å²) < 4.78 is 0. The normalized spacial score (nSPS) is 15.3. The molecule has 0 heterocycles. The summed E-state index contributed by atoms with van der Waals surface area (Å²) in [6, 6.07) is 0. The fourth-order valence-electron chi connectivity index (χ4n) is 0.497. The molecule has 2 N–H and O–H groups in total. The van der Waals surface area contributed by atoms with Crippen molar-refractivity contribution < 1.29 is 9.90 Å². The minimum absolute atomic E-state index is 0.323. The Bertz CT molecular complexity index is 212. The van der Waals surface area contributed by atoms with Crippen LogP contribution in [0.3, 0.4) is 0 Å². The Balaban J connectivity index is 3.83. The molecule has 13 heavy (non-hydrogen) atoms. The maximum Gasteiger partial charge on any atom is 0.152 e. The third-order valence-electron chi connectivity index (χ3n) is 1.24. The first-order valence-electron chi connectivity index (χ1n) is 3.86. The molecule has 1 unspecified atom stereocenters. The summed E-state index contributed by atoms with van der Waals surface area (Å²) in [4.78, 5) is 11.1. The predicted octanol–water partition coefficient (Wildman–Crippen LogP) is 0.916. The van der Waals surface area contributed by atoms with Gasteiger partial charge in [0.1, 0.15) is 5.60 Å². The molecule has 0 aromatic heterocycles. The van der Waals surface area contributed by atoms with E-state index in [0.29, 0.717) is 12.0 Å². The summed E-state index contributed by atoms with van der Waals surface area (Å²) in [6.45, 7) is 5.21. The molecular formula is C9H15NO2S. The van der Waals surface area contributed by atoms with Crippen LogP contribution in [0.4, 0.5) is 0 Å². The van der Waals surface area contributed by atoms with Crippen molar-refractivity contribution in [2.45, 2.75) is 12.5 Å². The standard InChI is InChI=1S/C9H15NO2S/c1-8(4-5-10-3)13-7-9(2,12)6-11/h4-6,10,12H,1,7H2,2-3H3/b5-4-. The second kappa shape index (κ2) is 5.83. The highest BCUT2D eigenvalue weighted by molar-refractivity contribution is 8.03. The molecule has 3 nitrogen and oxygen atoms in total. The lowest BCUT2D eigenvalue weighted by Crippen LogP contribution is -2.28. The lowest BCUT2D eigenvalue weighted by Gasteiger charge is -2.14. The topological polar surface area (TPSA) is 49.3 Å². The van der Waals surface area contributed by atoms with Crippen molar-refractivity contribution in [1.82, 2.24) is 5.32 Å². The van der Waals surface area contributed by atoms with Gasteiger partial charge in [-0.15, -0.1) is 11.8 Å². The monoisotopic (exact) mass is 201 g/mol. The number of thioether (sulfide) groups is 1. The number of hydrogen-bond acceptors (Lipinski definition) is 4. The van der Waals surface area contributed by atoms with Gasteiger partial charge in [0.15, 0.2) is 6.29 Å². The summed E-state index contributed by atoms with van der Waals surface area (Å²) in [5.74, 6) is 0.323. The van der Waals surface area contributed by atoms with E-state index in [1.807, 2.05) is 0 Å². The number of hydrogen-bond donors (Lipinski definition) is 2. The van der Waals surface area contributed by atoms with Crippen LogP contribution >= 0.6 is 11.8 Å². The minimum atomic E-state index is -1.26. The maximum absolute atomic E-state index is 10.3. The molecule has 0 saturated heterocycles. The van der Waals surface area contributed by atoms with Crippen LogP contribution in [0.1, 0.15) is 6.92 Å². The number of carbonyl (C=O) groups is 1. The zero-order valence-electron chi connectivity index (χ0n) is 7.91. The average Bonchev–Trinajstić information content (AvgIpc) is 2.11. The Kier molecular flexibility index (Phi) is 5.50. The van der Waals surface area contributed by atoms with Crippen molar-refractivity contribution in [3.8, 4) is 0 Å². The highest BCUT2D eigenvalue weighted by Gasteiger charge is 2.18. The van der Waals surface area contributed by atoms with E-state index >= 15 is 0 Å². The van der Waals surface area contributed by atoms with Gasteiger partial charge in [-0.25, -0.2) is 0 Å². The first-order valence-corrected chi connectivity index (χ1v) is 4.84. The SMILES string of the molecule is C=C(/C=C\NC)SCC(C)(O)C=O. The van der Waals surface area contributed by atoms with Gasteiger partial charge in [0.25, 0.3) is 0 Å². The highest BCUT2D eigenvalue weighted by Crippen LogP contribution is 2.19. The van der Waals surface area contributed by atoms with Crippen molar-refractivity contribution in [3.63, 3.8) is 0 Å². The van der Waals surface area contributed by atoms with E-state index in [1.54, 1.807) is 19.3 Å². The largest absolute Gasteiger partial charge is 0.394 e. The van der Waals surface area contributed by atoms with Gasteiger partial charge in [0.05, 0.1) is 0 Å². The van der Waals surface area contributed by atoms with E-state index in [0.717, 1.165) is 4.91 Å². The number of aldehydes is 1. The Labute approximate surface area is 82.9 Å². The molecule has 0 aromatic carbocycles. The van der Waals surface area contributed by atoms with Crippen LogP contribution in [-0.4, -0.2) is 29.8 Å². The van der Waals surface area contributed by atoms with Gasteiger partial charge in [-0.3, -0.25) is 0 Å². The molecule has 0 bridgehead atoms. The van der Waals surface area contributed by atoms with E-state index in [1.165, 1.54) is 18.7 Å². The predicted molar refractivity (Wildman–Crippen MR) is 56.5 cm³/mol. The number of allylic oxidation sites excluding steroid dienone is 1. The summed E-state index contributed by atoms with van der Waals surface area (Å²) >= 11 is 1.35. The molecule has 0 aromatic rings. The lowest BCUT2D eigenvalue weighted by atomic mass is 10.2. The van der Waals surface area contributed by atoms with Crippen molar-refractivity contribution in [1.29, 1.82) is 0 Å². The Hall–Kier alpha value is -0.740. The van der Waals surface area contributed by atoms with Crippen molar-refractivity contribution in [2.75, 3.05) is 12.8 Å². The summed E-state index contributed by atoms with van der Waals surface area (Å²) in [5.41, 5.74) is -1.26. The van der Waals surface area contributed by atoms with Crippen LogP contribution in [0.15, 0.2) is 23.8 Å². The fraction of sp³-hybridized carbons (Fsp3) is 0.444. The molecule has 0 rings (SSSR count). The molecule has 0 radical (unpaired) electrons. The minimum Gasteiger partial charge on any atom is -0.394 e. The van der Waals surface area contributed by atoms with Crippen molar-refractivity contribution >= 4 is 18.0 Å². The molecule has 0 aliphatic rings. The third-order valence-corrected chi connectivity index (χ3v) is 2.48. The van der Waals surface area contributed by atoms with Gasteiger partial charge in [-0.05, 0) is 19.2 Å². The summed E-state index contributed by atoms with van der Waals surface area (Å²) in [6.07, 6.45) is 4.06. The van der Waals surface area contributed by atoms with Crippen LogP contribution in [0.2, 0.25) is 0 Å². The van der Waals surface area contributed by atoms with Crippen LogP contribution in [0, 0.1) is 0 Å². The Morgan fingerprint density at radius 2 is 2.38 bits per heavy atom. The zero-order chi connectivity index (χ0) is 10.3. The van der Waals surface area contributed by atoms with Gasteiger partial charge in [0, 0.05) is 17.7 Å². The van der Waals surface area contributed by atoms with E-state index < -0.39 is 5.60 Å². The van der Waals surface area contributed by atoms with E-state index in [-0.39, 0.29) is 0 Å². The Morgan fingerprint density at radius 1 is 1.77 bits per heavy atom. The number of aliphatic hydroxyl groups is 1. The molecule has 0 aliphatic carbocycles. The molecule has 0 amide bonds. The van der Waals surface area contributed by atoms with E-state index in [4.69, 9.17) is 0 Å². The van der Waals surface area contributed by atoms with Crippen molar-refractivity contribution in [2.24, 2.45) is 0 Å². The first-order chi connectivity index (χ1) is 6.02. The molecule has 74 valence electrons. The van der Waals surface area contributed by atoms with Crippen LogP contribution in [0.25, 0.3) is 0 Å². The molecule has 0 spiro atoms. The smallest absolute Gasteiger partial charge is 0.152 e. The molecule has 0 fully saturated rings. The zero-order valence-corrected chi connectivity index (χ0v) is 8.73. The van der Waals surface area contributed by atoms with Gasteiger partial charge < -0.3 is 15.2 Å². The number of rotatable bonds is 6. The maximum atomic E-state index is 10.3. The number of nitrogens with one attached hydrogen (secondary N) is 1. The first kappa shape index (κ1) is 12.3. The molecule has 1 atom stereocenters. The molecule has 0 aliphatic heterocycles. The second-order valence-corrected chi connectivity index (χ2v) is 3.95. The van der Waals surface area contributed by atoms with Gasteiger partial charge in [0.2, 0.25) is 0 Å². The van der Waals surface area contributed by atoms with Crippen LogP contribution in [-0.2, 0) is 4.79 Å². The summed E-state index contributed by atoms with van der Waals surface area (Å²) in [7, 11) is 1.79.